The number of aryl methyl sites for hydroxylation is 3. The average Bonchev–Trinajstić information content (AvgIpc) is 3.53. The van der Waals surface area contributed by atoms with E-state index in [1.807, 2.05) is 0 Å². The summed E-state index contributed by atoms with van der Waals surface area (Å²) in [6.45, 7) is 18.5. The molecule has 0 N–H and O–H groups in total. The third-order valence-corrected chi connectivity index (χ3v) is 62.2. The van der Waals surface area contributed by atoms with Crippen LogP contribution in [0.25, 0.3) is 34.4 Å². The summed E-state index contributed by atoms with van der Waals surface area (Å²) in [4.78, 5) is 0. The zero-order valence-electron chi connectivity index (χ0n) is 26.7. The second-order valence-electron chi connectivity index (χ2n) is 13.7. The number of allylic oxidation sites excluding steroid dienone is 2. The van der Waals surface area contributed by atoms with Gasteiger partial charge in [-0.3, -0.25) is 0 Å². The van der Waals surface area contributed by atoms with Crippen molar-refractivity contribution in [3.8, 4) is 22.3 Å². The Bertz CT molecular complexity index is 1810. The quantitative estimate of drug-likeness (QED) is 0.176. The molecule has 4 aromatic carbocycles. The molecule has 0 bridgehead atoms. The van der Waals surface area contributed by atoms with Gasteiger partial charge in [0.15, 0.2) is 0 Å². The molecule has 4 aromatic rings. The van der Waals surface area contributed by atoms with Gasteiger partial charge in [-0.05, 0) is 0 Å². The van der Waals surface area contributed by atoms with Crippen LogP contribution in [0.1, 0.15) is 67.0 Å². The van der Waals surface area contributed by atoms with E-state index < -0.39 is 21.5 Å². The molecule has 4 heteroatoms. The Morgan fingerprint density at radius 1 is 0.651 bits per heavy atom. The fraction of sp³-hybridized carbons (Fsp3) is 0.282. The predicted molar refractivity (Wildman–Crippen MR) is 190 cm³/mol. The molecular weight excluding hydrogens is 659 g/mol. The van der Waals surface area contributed by atoms with E-state index in [0.29, 0.717) is 5.92 Å². The van der Waals surface area contributed by atoms with E-state index in [4.69, 9.17) is 17.0 Å². The van der Waals surface area contributed by atoms with Crippen LogP contribution in [0.3, 0.4) is 0 Å². The van der Waals surface area contributed by atoms with E-state index in [0.717, 1.165) is 0 Å². The Kier molecular flexibility index (Phi) is 8.04. The summed E-state index contributed by atoms with van der Waals surface area (Å²) >= 11 is -4.79. The van der Waals surface area contributed by atoms with E-state index in [1.165, 1.54) is 72.3 Å². The number of halogens is 2. The van der Waals surface area contributed by atoms with E-state index in [1.54, 1.807) is 0 Å². The molecule has 6 rings (SSSR count). The maximum atomic E-state index is 8.59. The summed E-state index contributed by atoms with van der Waals surface area (Å²) in [5.41, 5.74) is 17.1. The Morgan fingerprint density at radius 3 is 2.00 bits per heavy atom. The van der Waals surface area contributed by atoms with Gasteiger partial charge in [-0.15, -0.1) is 0 Å². The molecule has 0 amide bonds. The van der Waals surface area contributed by atoms with Crippen LogP contribution in [0.15, 0.2) is 90.0 Å². The van der Waals surface area contributed by atoms with Crippen molar-refractivity contribution in [1.82, 2.24) is 0 Å². The first-order valence-corrected chi connectivity index (χ1v) is 32.0. The van der Waals surface area contributed by atoms with Crippen molar-refractivity contribution in [2.24, 2.45) is 5.92 Å². The number of hydrogen-bond donors (Lipinski definition) is 0. The van der Waals surface area contributed by atoms with Crippen LogP contribution in [-0.4, -0.2) is 5.92 Å². The van der Waals surface area contributed by atoms with Crippen molar-refractivity contribution in [3.05, 3.63) is 129 Å². The van der Waals surface area contributed by atoms with E-state index in [-0.39, 0.29) is 7.25 Å². The van der Waals surface area contributed by atoms with Crippen LogP contribution in [0.2, 0.25) is 13.1 Å². The van der Waals surface area contributed by atoms with Crippen molar-refractivity contribution < 1.29 is 15.6 Å². The zero-order chi connectivity index (χ0) is 30.9. The molecule has 0 radical (unpaired) electrons. The van der Waals surface area contributed by atoms with Gasteiger partial charge in [0.1, 0.15) is 0 Å². The Morgan fingerprint density at radius 2 is 1.33 bits per heavy atom. The number of hydrogen-bond acceptors (Lipinski definition) is 0. The summed E-state index contributed by atoms with van der Waals surface area (Å²) < 4.78 is 0.188. The molecule has 0 nitrogen and oxygen atoms in total. The summed E-state index contributed by atoms with van der Waals surface area (Å²) in [5.74, 6) is -1.26. The molecule has 2 atom stereocenters. The van der Waals surface area contributed by atoms with Crippen molar-refractivity contribution in [1.29, 1.82) is 0 Å². The second-order valence-corrected chi connectivity index (χ2v) is 56.2. The topological polar surface area (TPSA) is 0 Å². The van der Waals surface area contributed by atoms with Crippen LogP contribution in [0.4, 0.5) is 0 Å². The van der Waals surface area contributed by atoms with E-state index in [2.05, 4.69) is 146 Å². The summed E-state index contributed by atoms with van der Waals surface area (Å²) in [5, 5.41) is 0. The Balaban J connectivity index is 1.62. The molecule has 2 aliphatic carbocycles. The zero-order valence-corrected chi connectivity index (χ0v) is 31.9. The Labute approximate surface area is 267 Å². The Hall–Kier alpha value is -1.96. The molecule has 0 saturated carbocycles. The molecular formula is C39H43Cl2SiZr. The maximum absolute atomic E-state index is 8.59. The third kappa shape index (κ3) is 4.87. The molecule has 0 fully saturated rings. The van der Waals surface area contributed by atoms with Crippen LogP contribution < -0.4 is 0 Å². The van der Waals surface area contributed by atoms with Gasteiger partial charge in [0.2, 0.25) is 0 Å². The van der Waals surface area contributed by atoms with Crippen molar-refractivity contribution in [2.45, 2.75) is 61.9 Å². The van der Waals surface area contributed by atoms with Gasteiger partial charge in [0.25, 0.3) is 0 Å². The van der Waals surface area contributed by atoms with Gasteiger partial charge >= 0.3 is 270 Å². The van der Waals surface area contributed by atoms with Crippen LogP contribution in [0.5, 0.6) is 0 Å². The second kappa shape index (κ2) is 11.1. The van der Waals surface area contributed by atoms with Gasteiger partial charge in [-0.2, -0.15) is 0 Å². The van der Waals surface area contributed by atoms with Gasteiger partial charge in [0.05, 0.1) is 0 Å². The summed E-state index contributed by atoms with van der Waals surface area (Å²) in [7, 11) is 17.2. The van der Waals surface area contributed by atoms with Gasteiger partial charge in [-0.1, -0.05) is 0 Å². The molecule has 0 aromatic heterocycles. The standard InChI is InChI=1S/C19H19.C18H17.C2H7Si.2ClH.Zr/c1-12-5-6-15(4)17(9-12)19-11-14(3)8-16-7-13(2)10-18(16)19;1-13(2)16-11-15-9-6-10-17(18(15)12-16)14-7-4-3-5-8-14;1-3-2;;;/h5-11H,1-4H3;3-13H,1-2H3;3H,1-2H3;2*1H;/q;;;;;+2/p-2. The minimum atomic E-state index is -4.79. The fourth-order valence-corrected chi connectivity index (χ4v) is 40.2. The van der Waals surface area contributed by atoms with Crippen LogP contribution in [0, 0.1) is 26.7 Å². The third-order valence-electron chi connectivity index (χ3n) is 10.2. The molecule has 2 aliphatic rings. The first kappa shape index (κ1) is 31.0. The first-order valence-electron chi connectivity index (χ1n) is 15.7. The van der Waals surface area contributed by atoms with Crippen LogP contribution >= 0.6 is 17.0 Å². The minimum absolute atomic E-state index is 0.0914. The van der Waals surface area contributed by atoms with Crippen molar-refractivity contribution in [3.63, 3.8) is 0 Å². The van der Waals surface area contributed by atoms with E-state index in [9.17, 15) is 0 Å². The monoisotopic (exact) mass is 699 g/mol. The van der Waals surface area contributed by atoms with Crippen molar-refractivity contribution >= 4 is 35.1 Å². The average molecular weight is 702 g/mol. The summed E-state index contributed by atoms with van der Waals surface area (Å²) in [6, 6.07) is 29.2. The van der Waals surface area contributed by atoms with E-state index >= 15 is 0 Å². The first-order chi connectivity index (χ1) is 20.3. The predicted octanol–water partition coefficient (Wildman–Crippen LogP) is 12.2. The number of fused-ring (bicyclic) bond motifs is 2. The number of benzene rings is 4. The molecule has 43 heavy (non-hydrogen) atoms. The number of rotatable bonds is 6. The fourth-order valence-electron chi connectivity index (χ4n) is 8.01. The summed E-state index contributed by atoms with van der Waals surface area (Å²) in [6.07, 6.45) is 4.90. The molecule has 0 heterocycles. The molecule has 0 spiro atoms. The normalized spacial score (nSPS) is 18.7. The van der Waals surface area contributed by atoms with Gasteiger partial charge < -0.3 is 0 Å². The molecule has 2 unspecified atom stereocenters. The van der Waals surface area contributed by atoms with Crippen LogP contribution in [-0.2, 0) is 15.6 Å². The SMILES string of the molecule is CC1=Cc2c(-c3cc(C)ccc3C)cc(C)cc2[CH]1[Zr]([Cl])([Cl])([CH]1C(C(C)C)=Cc2c(-c3ccccc3)cccc21)[SiH](C)C. The molecule has 221 valence electrons. The van der Waals surface area contributed by atoms with Crippen molar-refractivity contribution in [2.75, 3.05) is 0 Å². The van der Waals surface area contributed by atoms with Gasteiger partial charge in [0, 0.05) is 0 Å². The van der Waals surface area contributed by atoms with Gasteiger partial charge in [-0.25, -0.2) is 0 Å². The molecule has 0 saturated heterocycles. The molecule has 0 aliphatic heterocycles.